The van der Waals surface area contributed by atoms with Crippen molar-refractivity contribution in [2.75, 3.05) is 0 Å². The van der Waals surface area contributed by atoms with Crippen LogP contribution in [0.2, 0.25) is 0 Å². The standard InChI is InChI=1S/C33H24Si/c1-23-16-18-27-24(22-23)17-19-30-28(27)20-21-31-29-14-8-9-15-32(29)34(33(30)31,25-10-4-2-5-11-25)26-12-6-3-7-13-26/h2-22H,1H3. The molecule has 1 heterocycles. The van der Waals surface area contributed by atoms with Crippen LogP contribution in [-0.2, 0) is 0 Å². The quantitative estimate of drug-likeness (QED) is 0.236. The summed E-state index contributed by atoms with van der Waals surface area (Å²) in [4.78, 5) is 0. The predicted octanol–water partition coefficient (Wildman–Crippen LogP) is 5.66. The molecule has 0 saturated heterocycles. The third-order valence-corrected chi connectivity index (χ3v) is 12.5. The molecule has 1 aliphatic heterocycles. The van der Waals surface area contributed by atoms with E-state index in [0.717, 1.165) is 0 Å². The first-order valence-electron chi connectivity index (χ1n) is 12.0. The van der Waals surface area contributed by atoms with Crippen molar-refractivity contribution < 1.29 is 0 Å². The Labute approximate surface area is 201 Å². The maximum Gasteiger partial charge on any atom is 0.181 e. The minimum atomic E-state index is -2.49. The van der Waals surface area contributed by atoms with Gasteiger partial charge in [-0.3, -0.25) is 0 Å². The lowest BCUT2D eigenvalue weighted by Crippen LogP contribution is -2.72. The number of hydrogen-bond acceptors (Lipinski definition) is 0. The Morgan fingerprint density at radius 3 is 1.82 bits per heavy atom. The van der Waals surface area contributed by atoms with Crippen LogP contribution in [0.5, 0.6) is 0 Å². The lowest BCUT2D eigenvalue weighted by atomic mass is 9.97. The molecule has 1 aliphatic rings. The largest absolute Gasteiger partial charge is 0.181 e. The molecule has 160 valence electrons. The van der Waals surface area contributed by atoms with Gasteiger partial charge in [-0.05, 0) is 60.3 Å². The zero-order valence-corrected chi connectivity index (χ0v) is 20.1. The fourth-order valence-electron chi connectivity index (χ4n) is 6.22. The fourth-order valence-corrected chi connectivity index (χ4v) is 11.6. The van der Waals surface area contributed by atoms with Crippen LogP contribution >= 0.6 is 0 Å². The van der Waals surface area contributed by atoms with Gasteiger partial charge in [-0.2, -0.15) is 0 Å². The first-order valence-corrected chi connectivity index (χ1v) is 14.0. The van der Waals surface area contributed by atoms with Crippen LogP contribution < -0.4 is 20.7 Å². The molecule has 6 aromatic carbocycles. The van der Waals surface area contributed by atoms with E-state index in [1.54, 1.807) is 0 Å². The summed E-state index contributed by atoms with van der Waals surface area (Å²) < 4.78 is 0. The molecule has 34 heavy (non-hydrogen) atoms. The molecule has 7 rings (SSSR count). The van der Waals surface area contributed by atoms with Crippen molar-refractivity contribution in [1.29, 1.82) is 0 Å². The van der Waals surface area contributed by atoms with Crippen LogP contribution in [0.25, 0.3) is 32.7 Å². The molecular weight excluding hydrogens is 424 g/mol. The fraction of sp³-hybridized carbons (Fsp3) is 0.0303. The van der Waals surface area contributed by atoms with Gasteiger partial charge in [-0.15, -0.1) is 0 Å². The Bertz CT molecular complexity index is 1660. The highest BCUT2D eigenvalue weighted by Gasteiger charge is 2.49. The maximum absolute atomic E-state index is 2.49. The van der Waals surface area contributed by atoms with E-state index in [-0.39, 0.29) is 0 Å². The Morgan fingerprint density at radius 2 is 1.09 bits per heavy atom. The number of rotatable bonds is 2. The Hall–Kier alpha value is -3.94. The highest BCUT2D eigenvalue weighted by Crippen LogP contribution is 2.35. The highest BCUT2D eigenvalue weighted by molar-refractivity contribution is 7.23. The van der Waals surface area contributed by atoms with E-state index >= 15 is 0 Å². The lowest BCUT2D eigenvalue weighted by Gasteiger charge is -2.32. The lowest BCUT2D eigenvalue weighted by molar-refractivity contribution is 1.51. The van der Waals surface area contributed by atoms with Gasteiger partial charge in [-0.25, -0.2) is 0 Å². The molecule has 6 aromatic rings. The third kappa shape index (κ3) is 2.53. The molecule has 0 atom stereocenters. The first-order chi connectivity index (χ1) is 16.8. The van der Waals surface area contributed by atoms with Gasteiger partial charge in [0.05, 0.1) is 0 Å². The van der Waals surface area contributed by atoms with E-state index in [2.05, 4.69) is 134 Å². The number of fused-ring (bicyclic) bond motifs is 7. The van der Waals surface area contributed by atoms with Crippen LogP contribution in [-0.4, -0.2) is 8.07 Å². The molecular formula is C33H24Si. The molecule has 0 aliphatic carbocycles. The van der Waals surface area contributed by atoms with Crippen LogP contribution in [0.1, 0.15) is 5.56 Å². The Balaban J connectivity index is 1.72. The van der Waals surface area contributed by atoms with E-state index in [0.29, 0.717) is 0 Å². The molecule has 0 bridgehead atoms. The molecule has 0 saturated carbocycles. The second kappa shape index (κ2) is 7.28. The topological polar surface area (TPSA) is 0 Å². The minimum absolute atomic E-state index is 1.30. The summed E-state index contributed by atoms with van der Waals surface area (Å²) in [5.74, 6) is 0. The van der Waals surface area contributed by atoms with Gasteiger partial charge in [0.1, 0.15) is 0 Å². The van der Waals surface area contributed by atoms with Gasteiger partial charge < -0.3 is 0 Å². The minimum Gasteiger partial charge on any atom is -0.0623 e. The molecule has 1 heteroatoms. The van der Waals surface area contributed by atoms with Crippen molar-refractivity contribution in [2.24, 2.45) is 0 Å². The molecule has 0 nitrogen and oxygen atoms in total. The van der Waals surface area contributed by atoms with Gasteiger partial charge in [0.2, 0.25) is 0 Å². The van der Waals surface area contributed by atoms with E-state index in [4.69, 9.17) is 0 Å². The van der Waals surface area contributed by atoms with Crippen molar-refractivity contribution in [1.82, 2.24) is 0 Å². The summed E-state index contributed by atoms with van der Waals surface area (Å²) in [5.41, 5.74) is 4.09. The van der Waals surface area contributed by atoms with E-state index < -0.39 is 8.07 Å². The third-order valence-electron chi connectivity index (χ3n) is 7.58. The molecule has 0 N–H and O–H groups in total. The molecule has 0 radical (unpaired) electrons. The van der Waals surface area contributed by atoms with E-state index in [1.807, 2.05) is 0 Å². The van der Waals surface area contributed by atoms with Gasteiger partial charge in [0.25, 0.3) is 0 Å². The van der Waals surface area contributed by atoms with Crippen LogP contribution in [0.3, 0.4) is 0 Å². The molecule has 0 aromatic heterocycles. The van der Waals surface area contributed by atoms with E-state index in [1.165, 1.54) is 59.0 Å². The summed E-state index contributed by atoms with van der Waals surface area (Å²) in [5, 5.41) is 11.3. The molecule has 0 unspecified atom stereocenters. The monoisotopic (exact) mass is 448 g/mol. The summed E-state index contributed by atoms with van der Waals surface area (Å²) in [7, 11) is -2.49. The van der Waals surface area contributed by atoms with Crippen molar-refractivity contribution >= 4 is 50.4 Å². The van der Waals surface area contributed by atoms with Crippen LogP contribution in [0.15, 0.2) is 127 Å². The molecule has 0 fully saturated rings. The number of aryl methyl sites for hydroxylation is 1. The van der Waals surface area contributed by atoms with Gasteiger partial charge in [-0.1, -0.05) is 133 Å². The number of benzene rings is 6. The maximum atomic E-state index is 2.39. The molecule has 0 amide bonds. The van der Waals surface area contributed by atoms with Crippen molar-refractivity contribution in [3.8, 4) is 11.1 Å². The van der Waals surface area contributed by atoms with Crippen LogP contribution in [0, 0.1) is 6.92 Å². The summed E-state index contributed by atoms with van der Waals surface area (Å²) in [6.45, 7) is 2.17. The van der Waals surface area contributed by atoms with Crippen molar-refractivity contribution in [3.05, 3.63) is 133 Å². The second-order valence-electron chi connectivity index (χ2n) is 9.40. The van der Waals surface area contributed by atoms with Gasteiger partial charge in [0, 0.05) is 0 Å². The smallest absolute Gasteiger partial charge is 0.0623 e. The van der Waals surface area contributed by atoms with Gasteiger partial charge in [0.15, 0.2) is 8.07 Å². The normalized spacial score (nSPS) is 13.7. The van der Waals surface area contributed by atoms with Crippen molar-refractivity contribution in [2.45, 2.75) is 6.92 Å². The average Bonchev–Trinajstić information content (AvgIpc) is 3.21. The Kier molecular flexibility index (Phi) is 4.18. The SMILES string of the molecule is Cc1ccc2c(ccc3c4c(ccc32)-c2ccccc2[Si]4(c2ccccc2)c2ccccc2)c1. The van der Waals surface area contributed by atoms with Crippen LogP contribution in [0.4, 0.5) is 0 Å². The number of hydrogen-bond donors (Lipinski definition) is 0. The molecule has 0 spiro atoms. The predicted molar refractivity (Wildman–Crippen MR) is 149 cm³/mol. The summed E-state index contributed by atoms with van der Waals surface area (Å²) in [6, 6.07) is 47.9. The zero-order valence-electron chi connectivity index (χ0n) is 19.1. The highest BCUT2D eigenvalue weighted by atomic mass is 28.3. The second-order valence-corrected chi connectivity index (χ2v) is 13.1. The summed E-state index contributed by atoms with van der Waals surface area (Å²) >= 11 is 0. The Morgan fingerprint density at radius 1 is 0.471 bits per heavy atom. The van der Waals surface area contributed by atoms with Crippen molar-refractivity contribution in [3.63, 3.8) is 0 Å². The first kappa shape index (κ1) is 19.5. The summed E-state index contributed by atoms with van der Waals surface area (Å²) in [6.07, 6.45) is 0. The average molecular weight is 449 g/mol. The van der Waals surface area contributed by atoms with E-state index in [9.17, 15) is 0 Å². The zero-order chi connectivity index (χ0) is 22.7. The van der Waals surface area contributed by atoms with Gasteiger partial charge >= 0.3 is 0 Å².